The fraction of sp³-hybridized carbons (Fsp3) is 0.208. The molecule has 0 unspecified atom stereocenters. The minimum Gasteiger partial charge on any atom is -0.619 e. The highest BCUT2D eigenvalue weighted by Gasteiger charge is 2.34. The van der Waals surface area contributed by atoms with E-state index < -0.39 is 15.9 Å². The maximum Gasteiger partial charge on any atom is 0.339 e. The van der Waals surface area contributed by atoms with Gasteiger partial charge in [-0.1, -0.05) is 17.7 Å². The number of aliphatic hydroxyl groups excluding tert-OH is 1. The van der Waals surface area contributed by atoms with Gasteiger partial charge in [0.15, 0.2) is 18.1 Å². The molecule has 10 nitrogen and oxygen atoms in total. The number of aromatic nitrogens is 3. The van der Waals surface area contributed by atoms with Gasteiger partial charge in [0.1, 0.15) is 10.6 Å². The molecule has 0 radical (unpaired) electrons. The van der Waals surface area contributed by atoms with Crippen molar-refractivity contribution < 1.29 is 27.2 Å². The van der Waals surface area contributed by atoms with Crippen LogP contribution < -0.4 is 14.2 Å². The molecule has 2 N–H and O–H groups in total. The Kier molecular flexibility index (Phi) is 5.75. The molecule has 0 saturated carbocycles. The smallest absolute Gasteiger partial charge is 0.339 e. The highest BCUT2D eigenvalue weighted by atomic mass is 32.2. The molecule has 0 spiro atoms. The predicted octanol–water partition coefficient (Wildman–Crippen LogP) is 1.54. The van der Waals surface area contributed by atoms with E-state index in [9.17, 15) is 18.4 Å². The normalized spacial score (nSPS) is 12.7. The molecular formula is C24H22N4O6S. The van der Waals surface area contributed by atoms with Crippen LogP contribution in [0.5, 0.6) is 5.75 Å². The summed E-state index contributed by atoms with van der Waals surface area (Å²) in [6.45, 7) is 3.23. The highest BCUT2D eigenvalue weighted by molar-refractivity contribution is 7.87. The number of aryl methyl sites for hydroxylation is 1. The summed E-state index contributed by atoms with van der Waals surface area (Å²) >= 11 is 0. The number of hydrogen-bond acceptors (Lipinski definition) is 8. The number of benzene rings is 2. The van der Waals surface area contributed by atoms with Crippen molar-refractivity contribution in [1.29, 1.82) is 0 Å². The lowest BCUT2D eigenvalue weighted by Gasteiger charge is -2.17. The third-order valence-electron chi connectivity index (χ3n) is 5.84. The first-order valence-electron chi connectivity index (χ1n) is 10.9. The SMILES string of the molecule is Cc1ccc(S(=O)(=O)Oc2ccc3c4c(nn3CCNCCO)-c3cc[n+]([O-])cc3C(=O)c24)cc1. The van der Waals surface area contributed by atoms with Crippen LogP contribution in [0.2, 0.25) is 0 Å². The fourth-order valence-corrected chi connectivity index (χ4v) is 5.11. The van der Waals surface area contributed by atoms with Gasteiger partial charge in [-0.15, -0.1) is 0 Å². The van der Waals surface area contributed by atoms with Crippen molar-refractivity contribution in [1.82, 2.24) is 15.1 Å². The van der Waals surface area contributed by atoms with Crippen LogP contribution in [0.3, 0.4) is 0 Å². The molecule has 0 fully saturated rings. The largest absolute Gasteiger partial charge is 0.619 e. The van der Waals surface area contributed by atoms with Crippen molar-refractivity contribution in [2.24, 2.45) is 0 Å². The van der Waals surface area contributed by atoms with E-state index in [0.29, 0.717) is 46.5 Å². The maximum atomic E-state index is 13.5. The molecular weight excluding hydrogens is 472 g/mol. The maximum absolute atomic E-state index is 13.5. The van der Waals surface area contributed by atoms with E-state index >= 15 is 0 Å². The van der Waals surface area contributed by atoms with Gasteiger partial charge in [0, 0.05) is 30.1 Å². The van der Waals surface area contributed by atoms with Gasteiger partial charge in [0.05, 0.1) is 29.8 Å². The van der Waals surface area contributed by atoms with E-state index in [4.69, 9.17) is 9.29 Å². The van der Waals surface area contributed by atoms with Crippen LogP contribution in [0.25, 0.3) is 22.2 Å². The van der Waals surface area contributed by atoms with Crippen LogP contribution in [0, 0.1) is 12.1 Å². The Bertz CT molecular complexity index is 1560. The van der Waals surface area contributed by atoms with Crippen molar-refractivity contribution in [3.05, 3.63) is 76.8 Å². The average molecular weight is 495 g/mol. The number of fused-ring (bicyclic) bond motifs is 2. The van der Waals surface area contributed by atoms with Gasteiger partial charge >= 0.3 is 10.1 Å². The summed E-state index contributed by atoms with van der Waals surface area (Å²) in [6, 6.07) is 10.8. The summed E-state index contributed by atoms with van der Waals surface area (Å²) in [5.41, 5.74) is 2.62. The highest BCUT2D eigenvalue weighted by Crippen LogP contribution is 2.42. The Hall–Kier alpha value is -3.80. The number of aliphatic hydroxyl groups is 1. The molecule has 2 heterocycles. The Morgan fingerprint density at radius 1 is 1.11 bits per heavy atom. The number of pyridine rings is 1. The Morgan fingerprint density at radius 3 is 2.63 bits per heavy atom. The van der Waals surface area contributed by atoms with Gasteiger partial charge in [-0.2, -0.15) is 18.2 Å². The van der Waals surface area contributed by atoms with Gasteiger partial charge < -0.3 is 19.8 Å². The summed E-state index contributed by atoms with van der Waals surface area (Å²) in [5.74, 6) is -0.649. The molecule has 2 aromatic carbocycles. The summed E-state index contributed by atoms with van der Waals surface area (Å²) in [6.07, 6.45) is 2.44. The third kappa shape index (κ3) is 4.03. The molecule has 180 valence electrons. The van der Waals surface area contributed by atoms with E-state index in [-0.39, 0.29) is 28.4 Å². The number of nitrogens with one attached hydrogen (secondary N) is 1. The van der Waals surface area contributed by atoms with Crippen LogP contribution in [0.4, 0.5) is 0 Å². The van der Waals surface area contributed by atoms with Crippen LogP contribution in [-0.2, 0) is 16.7 Å². The van der Waals surface area contributed by atoms with Gasteiger partial charge in [0.2, 0.25) is 5.78 Å². The quantitative estimate of drug-likeness (QED) is 0.143. The number of rotatable bonds is 8. The Morgan fingerprint density at radius 2 is 1.89 bits per heavy atom. The second-order valence-electron chi connectivity index (χ2n) is 8.19. The third-order valence-corrected chi connectivity index (χ3v) is 7.09. The molecule has 0 amide bonds. The molecule has 11 heteroatoms. The lowest BCUT2D eigenvalue weighted by atomic mass is 9.88. The molecule has 0 bridgehead atoms. The fourth-order valence-electron chi connectivity index (χ4n) is 4.17. The number of carbonyl (C=O) groups excluding carboxylic acids is 1. The molecule has 0 aliphatic heterocycles. The number of nitrogens with zero attached hydrogens (tertiary/aromatic N) is 3. The molecule has 0 saturated heterocycles. The van der Waals surface area contributed by atoms with Crippen LogP contribution in [0.1, 0.15) is 21.5 Å². The average Bonchev–Trinajstić information content (AvgIpc) is 3.19. The predicted molar refractivity (Wildman–Crippen MR) is 127 cm³/mol. The van der Waals surface area contributed by atoms with Gasteiger partial charge in [-0.25, -0.2) is 0 Å². The van der Waals surface area contributed by atoms with Crippen LogP contribution in [0.15, 0.2) is 59.8 Å². The standard InChI is InChI=1S/C24H22N4O6S/c1-15-2-4-16(5-3-15)35(32,33)34-20-7-6-19-21-22(20)24(30)18-14-27(31)11-8-17(18)23(21)26-28(19)12-9-25-10-13-29/h2-8,11,14,25,29H,9-10,12-13H2,1H3. The van der Waals surface area contributed by atoms with Crippen molar-refractivity contribution in [2.75, 3.05) is 19.7 Å². The first-order valence-corrected chi connectivity index (χ1v) is 12.3. The van der Waals surface area contributed by atoms with E-state index in [0.717, 1.165) is 11.8 Å². The molecule has 1 aliphatic rings. The first-order chi connectivity index (χ1) is 16.8. The first kappa shape index (κ1) is 23.0. The molecule has 2 aromatic heterocycles. The Labute approximate surface area is 201 Å². The molecule has 4 aromatic rings. The van der Waals surface area contributed by atoms with Crippen molar-refractivity contribution in [3.63, 3.8) is 0 Å². The molecule has 1 aliphatic carbocycles. The number of carbonyl (C=O) groups is 1. The summed E-state index contributed by atoms with van der Waals surface area (Å²) in [7, 11) is -4.22. The van der Waals surface area contributed by atoms with Crippen LogP contribution in [-0.4, -0.2) is 48.8 Å². The second kappa shape index (κ2) is 8.77. The van der Waals surface area contributed by atoms with Crippen molar-refractivity contribution in [2.45, 2.75) is 18.4 Å². The summed E-state index contributed by atoms with van der Waals surface area (Å²) < 4.78 is 33.7. The van der Waals surface area contributed by atoms with Crippen molar-refractivity contribution >= 4 is 26.8 Å². The summed E-state index contributed by atoms with van der Waals surface area (Å²) in [5, 5.41) is 29.2. The van der Waals surface area contributed by atoms with Crippen molar-refractivity contribution in [3.8, 4) is 17.0 Å². The molecule has 5 rings (SSSR count). The number of hydrogen-bond donors (Lipinski definition) is 2. The lowest BCUT2D eigenvalue weighted by Crippen LogP contribution is -2.27. The van der Waals surface area contributed by atoms with Gasteiger partial charge in [-0.05, 0) is 31.2 Å². The number of ketones is 1. The van der Waals surface area contributed by atoms with Crippen LogP contribution >= 0.6 is 0 Å². The van der Waals surface area contributed by atoms with E-state index in [1.807, 2.05) is 6.92 Å². The van der Waals surface area contributed by atoms with Gasteiger partial charge in [0.25, 0.3) is 0 Å². The zero-order valence-electron chi connectivity index (χ0n) is 18.8. The minimum atomic E-state index is -4.22. The topological polar surface area (TPSA) is 137 Å². The molecule has 35 heavy (non-hydrogen) atoms. The van der Waals surface area contributed by atoms with E-state index in [1.54, 1.807) is 22.9 Å². The minimum absolute atomic E-state index is 0.00246. The van der Waals surface area contributed by atoms with E-state index in [2.05, 4.69) is 10.4 Å². The lowest BCUT2D eigenvalue weighted by molar-refractivity contribution is -0.605. The Balaban J connectivity index is 1.66. The zero-order chi connectivity index (χ0) is 24.7. The monoisotopic (exact) mass is 494 g/mol. The second-order valence-corrected chi connectivity index (χ2v) is 9.74. The summed E-state index contributed by atoms with van der Waals surface area (Å²) in [4.78, 5) is 13.5. The van der Waals surface area contributed by atoms with Gasteiger partial charge in [-0.3, -0.25) is 9.48 Å². The molecule has 0 atom stereocenters. The van der Waals surface area contributed by atoms with E-state index in [1.165, 1.54) is 30.5 Å². The zero-order valence-corrected chi connectivity index (χ0v) is 19.6.